The third-order valence-electron chi connectivity index (χ3n) is 2.69. The highest BCUT2D eigenvalue weighted by Crippen LogP contribution is 2.22. The Labute approximate surface area is 104 Å². The van der Waals surface area contributed by atoms with Gasteiger partial charge in [0.15, 0.2) is 0 Å². The minimum atomic E-state index is -0.801. The summed E-state index contributed by atoms with van der Waals surface area (Å²) < 4.78 is 0. The van der Waals surface area contributed by atoms with Crippen molar-refractivity contribution in [1.82, 2.24) is 4.98 Å². The number of carboxylic acid groups (broad SMARTS) is 1. The van der Waals surface area contributed by atoms with E-state index in [1.807, 2.05) is 30.5 Å². The van der Waals surface area contributed by atoms with Crippen LogP contribution in [0.4, 0.5) is 0 Å². The Morgan fingerprint density at radius 3 is 3.06 bits per heavy atom. The van der Waals surface area contributed by atoms with Crippen molar-refractivity contribution in [2.75, 3.05) is 0 Å². The number of fused-ring (bicyclic) bond motifs is 1. The van der Waals surface area contributed by atoms with Crippen molar-refractivity contribution in [3.8, 4) is 6.07 Å². The van der Waals surface area contributed by atoms with Crippen molar-refractivity contribution in [3.63, 3.8) is 0 Å². The lowest BCUT2D eigenvalue weighted by atomic mass is 10.1. The van der Waals surface area contributed by atoms with E-state index in [0.717, 1.165) is 16.5 Å². The van der Waals surface area contributed by atoms with Gasteiger partial charge < -0.3 is 10.1 Å². The van der Waals surface area contributed by atoms with Crippen LogP contribution in [-0.2, 0) is 4.79 Å². The molecule has 0 amide bonds. The summed E-state index contributed by atoms with van der Waals surface area (Å²) in [4.78, 5) is 13.4. The molecule has 0 spiro atoms. The van der Waals surface area contributed by atoms with Gasteiger partial charge >= 0.3 is 5.97 Å². The van der Waals surface area contributed by atoms with Crippen molar-refractivity contribution in [2.24, 2.45) is 0 Å². The molecule has 0 saturated carbocycles. The Kier molecular flexibility index (Phi) is 3.44. The standard InChI is InChI=1S/C14H12N2O2/c15-8-10-5-3-6-12-11(9-16-14(10)12)4-1-2-7-13(17)18/h1,3-6,9,16H,2,7H2,(H,17,18). The van der Waals surface area contributed by atoms with Crippen LogP contribution in [0.5, 0.6) is 0 Å². The number of nitrogens with one attached hydrogen (secondary N) is 1. The largest absolute Gasteiger partial charge is 0.481 e. The van der Waals surface area contributed by atoms with Gasteiger partial charge in [-0.1, -0.05) is 24.3 Å². The monoisotopic (exact) mass is 240 g/mol. The van der Waals surface area contributed by atoms with Gasteiger partial charge in [-0.15, -0.1) is 0 Å². The van der Waals surface area contributed by atoms with Crippen molar-refractivity contribution in [2.45, 2.75) is 12.8 Å². The van der Waals surface area contributed by atoms with Crippen LogP contribution < -0.4 is 0 Å². The SMILES string of the molecule is N#Cc1cccc2c(C=CCCC(=O)O)c[nH]c12. The molecule has 1 aromatic heterocycles. The number of aromatic amines is 1. The molecule has 2 rings (SSSR count). The molecule has 2 N–H and O–H groups in total. The van der Waals surface area contributed by atoms with E-state index in [9.17, 15) is 4.79 Å². The van der Waals surface area contributed by atoms with Gasteiger partial charge in [0.25, 0.3) is 0 Å². The number of rotatable bonds is 4. The van der Waals surface area contributed by atoms with E-state index in [2.05, 4.69) is 11.1 Å². The van der Waals surface area contributed by atoms with E-state index in [1.165, 1.54) is 0 Å². The first-order valence-electron chi connectivity index (χ1n) is 5.61. The van der Waals surface area contributed by atoms with Crippen LogP contribution in [0.1, 0.15) is 24.0 Å². The fourth-order valence-electron chi connectivity index (χ4n) is 1.82. The van der Waals surface area contributed by atoms with Gasteiger partial charge in [-0.25, -0.2) is 0 Å². The molecule has 2 aromatic rings. The number of carbonyl (C=O) groups is 1. The third-order valence-corrected chi connectivity index (χ3v) is 2.69. The molecule has 0 aliphatic carbocycles. The molecule has 0 radical (unpaired) electrons. The van der Waals surface area contributed by atoms with Gasteiger partial charge in [-0.2, -0.15) is 5.26 Å². The summed E-state index contributed by atoms with van der Waals surface area (Å²) >= 11 is 0. The number of carboxylic acids is 1. The fraction of sp³-hybridized carbons (Fsp3) is 0.143. The van der Waals surface area contributed by atoms with Crippen LogP contribution in [0.3, 0.4) is 0 Å². The maximum atomic E-state index is 10.4. The number of aromatic nitrogens is 1. The second-order valence-corrected chi connectivity index (χ2v) is 3.92. The highest BCUT2D eigenvalue weighted by Gasteiger charge is 2.04. The average Bonchev–Trinajstić information content (AvgIpc) is 2.77. The maximum absolute atomic E-state index is 10.4. The van der Waals surface area contributed by atoms with Crippen LogP contribution >= 0.6 is 0 Å². The maximum Gasteiger partial charge on any atom is 0.303 e. The van der Waals surface area contributed by atoms with E-state index in [0.29, 0.717) is 12.0 Å². The molecule has 18 heavy (non-hydrogen) atoms. The number of nitriles is 1. The summed E-state index contributed by atoms with van der Waals surface area (Å²) in [6, 6.07) is 7.66. The van der Waals surface area contributed by atoms with Crippen molar-refractivity contribution in [1.29, 1.82) is 5.26 Å². The molecule has 1 heterocycles. The van der Waals surface area contributed by atoms with Crippen LogP contribution in [0.2, 0.25) is 0 Å². The van der Waals surface area contributed by atoms with E-state index < -0.39 is 5.97 Å². The highest BCUT2D eigenvalue weighted by molar-refractivity contribution is 5.92. The number of benzene rings is 1. The molecule has 90 valence electrons. The summed E-state index contributed by atoms with van der Waals surface area (Å²) in [5, 5.41) is 18.5. The Morgan fingerprint density at radius 2 is 2.33 bits per heavy atom. The molecule has 0 aliphatic heterocycles. The number of nitrogens with zero attached hydrogens (tertiary/aromatic N) is 1. The molecule has 0 aliphatic rings. The first-order chi connectivity index (χ1) is 8.72. The average molecular weight is 240 g/mol. The lowest BCUT2D eigenvalue weighted by Crippen LogP contribution is -1.91. The van der Waals surface area contributed by atoms with Gasteiger partial charge in [-0.3, -0.25) is 4.79 Å². The normalized spacial score (nSPS) is 10.8. The zero-order valence-electron chi connectivity index (χ0n) is 9.68. The number of hydrogen-bond acceptors (Lipinski definition) is 2. The Hall–Kier alpha value is -2.54. The lowest BCUT2D eigenvalue weighted by molar-refractivity contribution is -0.136. The minimum Gasteiger partial charge on any atom is -0.481 e. The number of aliphatic carboxylic acids is 1. The van der Waals surface area contributed by atoms with Gasteiger partial charge in [0, 0.05) is 18.0 Å². The zero-order valence-corrected chi connectivity index (χ0v) is 9.68. The summed E-state index contributed by atoms with van der Waals surface area (Å²) in [6.45, 7) is 0. The molecule has 4 heteroatoms. The fourth-order valence-corrected chi connectivity index (χ4v) is 1.82. The van der Waals surface area contributed by atoms with Gasteiger partial charge in [0.2, 0.25) is 0 Å². The molecule has 0 unspecified atom stereocenters. The molecule has 1 aromatic carbocycles. The van der Waals surface area contributed by atoms with Gasteiger partial charge in [-0.05, 0) is 18.1 Å². The van der Waals surface area contributed by atoms with E-state index in [4.69, 9.17) is 10.4 Å². The zero-order chi connectivity index (χ0) is 13.0. The molecule has 0 saturated heterocycles. The molecule has 0 fully saturated rings. The molecule has 0 atom stereocenters. The van der Waals surface area contributed by atoms with Crippen molar-refractivity contribution in [3.05, 3.63) is 41.6 Å². The molecule has 4 nitrogen and oxygen atoms in total. The summed E-state index contributed by atoms with van der Waals surface area (Å²) in [5.74, 6) is -0.801. The highest BCUT2D eigenvalue weighted by atomic mass is 16.4. The number of para-hydroxylation sites is 1. The van der Waals surface area contributed by atoms with Crippen LogP contribution in [0.25, 0.3) is 17.0 Å². The Morgan fingerprint density at radius 1 is 1.50 bits per heavy atom. The van der Waals surface area contributed by atoms with Crippen LogP contribution in [-0.4, -0.2) is 16.1 Å². The lowest BCUT2D eigenvalue weighted by Gasteiger charge is -1.94. The Bertz CT molecular complexity index is 647. The summed E-state index contributed by atoms with van der Waals surface area (Å²) in [5.41, 5.74) is 2.39. The first kappa shape index (κ1) is 11.9. The second-order valence-electron chi connectivity index (χ2n) is 3.92. The van der Waals surface area contributed by atoms with E-state index in [-0.39, 0.29) is 6.42 Å². The Balaban J connectivity index is 2.25. The minimum absolute atomic E-state index is 0.127. The summed E-state index contributed by atoms with van der Waals surface area (Å²) in [6.07, 6.45) is 6.16. The smallest absolute Gasteiger partial charge is 0.303 e. The first-order valence-corrected chi connectivity index (χ1v) is 5.61. The number of hydrogen-bond donors (Lipinski definition) is 2. The summed E-state index contributed by atoms with van der Waals surface area (Å²) in [7, 11) is 0. The van der Waals surface area contributed by atoms with E-state index in [1.54, 1.807) is 6.07 Å². The van der Waals surface area contributed by atoms with Crippen LogP contribution in [0.15, 0.2) is 30.5 Å². The molecular formula is C14H12N2O2. The predicted molar refractivity (Wildman–Crippen MR) is 68.9 cm³/mol. The number of H-pyrrole nitrogens is 1. The van der Waals surface area contributed by atoms with Crippen molar-refractivity contribution < 1.29 is 9.90 Å². The topological polar surface area (TPSA) is 76.9 Å². The van der Waals surface area contributed by atoms with Crippen molar-refractivity contribution >= 4 is 22.9 Å². The van der Waals surface area contributed by atoms with Gasteiger partial charge in [0.1, 0.15) is 6.07 Å². The number of allylic oxidation sites excluding steroid dienone is 1. The quantitative estimate of drug-likeness (QED) is 0.862. The van der Waals surface area contributed by atoms with Gasteiger partial charge in [0.05, 0.1) is 11.1 Å². The molecule has 0 bridgehead atoms. The second kappa shape index (κ2) is 5.19. The third kappa shape index (κ3) is 2.41. The predicted octanol–water partition coefficient (Wildman–Crippen LogP) is 2.92. The van der Waals surface area contributed by atoms with E-state index >= 15 is 0 Å². The van der Waals surface area contributed by atoms with Crippen LogP contribution in [0, 0.1) is 11.3 Å². The molecular weight excluding hydrogens is 228 g/mol.